The predicted molar refractivity (Wildman–Crippen MR) is 69.4 cm³/mol. The Morgan fingerprint density at radius 3 is 2.31 bits per heavy atom. The van der Waals surface area contributed by atoms with E-state index in [1.54, 1.807) is 0 Å². The fourth-order valence-electron chi connectivity index (χ4n) is 1.32. The predicted octanol–water partition coefficient (Wildman–Crippen LogP) is 3.93. The van der Waals surface area contributed by atoms with Gasteiger partial charge >= 0.3 is 0 Å². The molecule has 0 bridgehead atoms. The standard InChI is InChI=1S/C14H26O2/c1-7-15-13(6)16-10-14(12(4)5)9-8-11(2)3/h8,13-14H,4,7,9-10H2,1-3,5-6H3/t13?,14-/m1/s1. The molecule has 0 amide bonds. The number of allylic oxidation sites excluding steroid dienone is 2. The Morgan fingerprint density at radius 1 is 1.25 bits per heavy atom. The van der Waals surface area contributed by atoms with Crippen molar-refractivity contribution in [1.82, 2.24) is 0 Å². The largest absolute Gasteiger partial charge is 0.353 e. The molecule has 0 spiro atoms. The molecule has 1 unspecified atom stereocenters. The van der Waals surface area contributed by atoms with Gasteiger partial charge in [-0.25, -0.2) is 0 Å². The van der Waals surface area contributed by atoms with Gasteiger partial charge in [0, 0.05) is 12.5 Å². The van der Waals surface area contributed by atoms with Crippen LogP contribution >= 0.6 is 0 Å². The summed E-state index contributed by atoms with van der Waals surface area (Å²) in [7, 11) is 0. The maximum atomic E-state index is 5.63. The Morgan fingerprint density at radius 2 is 1.88 bits per heavy atom. The van der Waals surface area contributed by atoms with Crippen molar-refractivity contribution in [2.24, 2.45) is 5.92 Å². The maximum absolute atomic E-state index is 5.63. The third-order valence-corrected chi connectivity index (χ3v) is 2.44. The molecule has 0 aromatic carbocycles. The molecule has 0 aliphatic rings. The molecule has 0 fully saturated rings. The van der Waals surface area contributed by atoms with Gasteiger partial charge in [-0.15, -0.1) is 0 Å². The van der Waals surface area contributed by atoms with Crippen molar-refractivity contribution in [1.29, 1.82) is 0 Å². The normalized spacial score (nSPS) is 14.3. The Hall–Kier alpha value is -0.600. The second-order valence-electron chi connectivity index (χ2n) is 4.42. The van der Waals surface area contributed by atoms with Crippen molar-refractivity contribution in [2.45, 2.75) is 47.3 Å². The molecule has 0 aromatic rings. The van der Waals surface area contributed by atoms with E-state index in [1.807, 2.05) is 13.8 Å². The number of hydrogen-bond acceptors (Lipinski definition) is 2. The van der Waals surface area contributed by atoms with Crippen LogP contribution in [0.25, 0.3) is 0 Å². The number of hydrogen-bond donors (Lipinski definition) is 0. The van der Waals surface area contributed by atoms with Crippen LogP contribution in [-0.4, -0.2) is 19.5 Å². The minimum atomic E-state index is -0.126. The van der Waals surface area contributed by atoms with Gasteiger partial charge < -0.3 is 9.47 Å². The molecule has 94 valence electrons. The molecule has 0 aliphatic carbocycles. The monoisotopic (exact) mass is 226 g/mol. The molecule has 2 nitrogen and oxygen atoms in total. The highest BCUT2D eigenvalue weighted by Gasteiger charge is 2.10. The van der Waals surface area contributed by atoms with E-state index in [2.05, 4.69) is 33.4 Å². The Kier molecular flexibility index (Phi) is 8.22. The van der Waals surface area contributed by atoms with Crippen LogP contribution < -0.4 is 0 Å². The van der Waals surface area contributed by atoms with Crippen LogP contribution in [0, 0.1) is 5.92 Å². The lowest BCUT2D eigenvalue weighted by molar-refractivity contribution is -0.132. The van der Waals surface area contributed by atoms with Gasteiger partial charge in [-0.05, 0) is 41.0 Å². The quantitative estimate of drug-likeness (QED) is 0.461. The average Bonchev–Trinajstić information content (AvgIpc) is 2.17. The van der Waals surface area contributed by atoms with Crippen LogP contribution in [0.2, 0.25) is 0 Å². The van der Waals surface area contributed by atoms with E-state index in [-0.39, 0.29) is 6.29 Å². The van der Waals surface area contributed by atoms with Gasteiger partial charge in [-0.1, -0.05) is 23.8 Å². The molecule has 0 radical (unpaired) electrons. The van der Waals surface area contributed by atoms with Gasteiger partial charge in [-0.3, -0.25) is 0 Å². The highest BCUT2D eigenvalue weighted by Crippen LogP contribution is 2.16. The lowest BCUT2D eigenvalue weighted by Gasteiger charge is -2.19. The Labute approximate surface area is 100 Å². The summed E-state index contributed by atoms with van der Waals surface area (Å²) in [6, 6.07) is 0. The summed E-state index contributed by atoms with van der Waals surface area (Å²) in [5.41, 5.74) is 2.50. The summed E-state index contributed by atoms with van der Waals surface area (Å²) in [5, 5.41) is 0. The molecule has 0 saturated carbocycles. The molecule has 16 heavy (non-hydrogen) atoms. The van der Waals surface area contributed by atoms with Gasteiger partial charge in [0.25, 0.3) is 0 Å². The lowest BCUT2D eigenvalue weighted by Crippen LogP contribution is -2.18. The van der Waals surface area contributed by atoms with Crippen molar-refractivity contribution in [3.8, 4) is 0 Å². The highest BCUT2D eigenvalue weighted by atomic mass is 16.7. The van der Waals surface area contributed by atoms with Gasteiger partial charge in [0.15, 0.2) is 6.29 Å². The van der Waals surface area contributed by atoms with Gasteiger partial charge in [-0.2, -0.15) is 0 Å². The van der Waals surface area contributed by atoms with E-state index in [4.69, 9.17) is 9.47 Å². The highest BCUT2D eigenvalue weighted by molar-refractivity contribution is 5.03. The van der Waals surface area contributed by atoms with E-state index < -0.39 is 0 Å². The smallest absolute Gasteiger partial charge is 0.154 e. The van der Waals surface area contributed by atoms with Crippen LogP contribution in [0.15, 0.2) is 23.8 Å². The van der Waals surface area contributed by atoms with E-state index in [1.165, 1.54) is 11.1 Å². The lowest BCUT2D eigenvalue weighted by atomic mass is 9.98. The first-order valence-corrected chi connectivity index (χ1v) is 5.99. The molecule has 0 aromatic heterocycles. The summed E-state index contributed by atoms with van der Waals surface area (Å²) < 4.78 is 11.0. The summed E-state index contributed by atoms with van der Waals surface area (Å²) in [6.45, 7) is 15.6. The zero-order valence-corrected chi connectivity index (χ0v) is 11.4. The fraction of sp³-hybridized carbons (Fsp3) is 0.714. The zero-order chi connectivity index (χ0) is 12.6. The molecule has 0 heterocycles. The van der Waals surface area contributed by atoms with Crippen LogP contribution in [-0.2, 0) is 9.47 Å². The maximum Gasteiger partial charge on any atom is 0.154 e. The van der Waals surface area contributed by atoms with E-state index in [9.17, 15) is 0 Å². The minimum Gasteiger partial charge on any atom is -0.353 e. The summed E-state index contributed by atoms with van der Waals surface area (Å²) >= 11 is 0. The average molecular weight is 226 g/mol. The minimum absolute atomic E-state index is 0.126. The SMILES string of the molecule is C=C(C)[C@H](CC=C(C)C)COC(C)OCC. The van der Waals surface area contributed by atoms with Gasteiger partial charge in [0.05, 0.1) is 6.61 Å². The van der Waals surface area contributed by atoms with Crippen molar-refractivity contribution < 1.29 is 9.47 Å². The summed E-state index contributed by atoms with van der Waals surface area (Å²) in [4.78, 5) is 0. The molecule has 0 N–H and O–H groups in total. The van der Waals surface area contributed by atoms with Crippen molar-refractivity contribution in [2.75, 3.05) is 13.2 Å². The molecule has 0 rings (SSSR count). The fourth-order valence-corrected chi connectivity index (χ4v) is 1.32. The van der Waals surface area contributed by atoms with Crippen LogP contribution in [0.4, 0.5) is 0 Å². The van der Waals surface area contributed by atoms with Crippen molar-refractivity contribution >= 4 is 0 Å². The Bertz CT molecular complexity index is 227. The second-order valence-corrected chi connectivity index (χ2v) is 4.42. The van der Waals surface area contributed by atoms with E-state index >= 15 is 0 Å². The second kappa shape index (κ2) is 8.54. The van der Waals surface area contributed by atoms with Gasteiger partial charge in [0.2, 0.25) is 0 Å². The first-order valence-electron chi connectivity index (χ1n) is 5.99. The van der Waals surface area contributed by atoms with Crippen LogP contribution in [0.1, 0.15) is 41.0 Å². The first kappa shape index (κ1) is 15.4. The first-order chi connectivity index (χ1) is 7.47. The van der Waals surface area contributed by atoms with E-state index in [0.717, 1.165) is 6.42 Å². The van der Waals surface area contributed by atoms with Crippen molar-refractivity contribution in [3.05, 3.63) is 23.8 Å². The van der Waals surface area contributed by atoms with Crippen LogP contribution in [0.5, 0.6) is 0 Å². The molecular formula is C14H26O2. The van der Waals surface area contributed by atoms with Gasteiger partial charge in [0.1, 0.15) is 0 Å². The Balaban J connectivity index is 4.04. The molecular weight excluding hydrogens is 200 g/mol. The third-order valence-electron chi connectivity index (χ3n) is 2.44. The number of rotatable bonds is 8. The van der Waals surface area contributed by atoms with Crippen molar-refractivity contribution in [3.63, 3.8) is 0 Å². The zero-order valence-electron chi connectivity index (χ0n) is 11.4. The molecule has 2 atom stereocenters. The molecule has 0 saturated heterocycles. The summed E-state index contributed by atoms with van der Waals surface area (Å²) in [6.07, 6.45) is 3.10. The third kappa shape index (κ3) is 7.66. The molecule has 0 aliphatic heterocycles. The van der Waals surface area contributed by atoms with E-state index in [0.29, 0.717) is 19.1 Å². The molecule has 2 heteroatoms. The topological polar surface area (TPSA) is 18.5 Å². The summed E-state index contributed by atoms with van der Waals surface area (Å²) in [5.74, 6) is 0.387. The van der Waals surface area contributed by atoms with Crippen LogP contribution in [0.3, 0.4) is 0 Å². The number of ether oxygens (including phenoxy) is 2.